The van der Waals surface area contributed by atoms with Crippen LogP contribution in [0.15, 0.2) is 42.5 Å². The van der Waals surface area contributed by atoms with E-state index in [1.807, 2.05) is 12.1 Å². The summed E-state index contributed by atoms with van der Waals surface area (Å²) in [6.45, 7) is 0.475. The van der Waals surface area contributed by atoms with Gasteiger partial charge in [-0.15, -0.1) is 0 Å². The van der Waals surface area contributed by atoms with Crippen molar-refractivity contribution in [2.24, 2.45) is 0 Å². The van der Waals surface area contributed by atoms with Crippen LogP contribution in [0.4, 0.5) is 5.69 Å². The van der Waals surface area contributed by atoms with E-state index in [1.165, 1.54) is 0 Å². The molecule has 0 aliphatic heterocycles. The van der Waals surface area contributed by atoms with E-state index in [1.54, 1.807) is 30.3 Å². The van der Waals surface area contributed by atoms with Crippen molar-refractivity contribution < 1.29 is 9.90 Å². The minimum atomic E-state index is -0.954. The highest BCUT2D eigenvalue weighted by atomic mass is 35.5. The second-order valence-electron chi connectivity index (χ2n) is 3.95. The van der Waals surface area contributed by atoms with E-state index < -0.39 is 5.97 Å². The summed E-state index contributed by atoms with van der Waals surface area (Å²) in [5.41, 5.74) is 1.81. The predicted octanol–water partition coefficient (Wildman–Crippen LogP) is 4.30. The third-order valence-electron chi connectivity index (χ3n) is 2.62. The Bertz CT molecular complexity index is 614. The van der Waals surface area contributed by atoms with E-state index in [9.17, 15) is 4.79 Å². The highest BCUT2D eigenvalue weighted by molar-refractivity contribution is 6.42. The summed E-state index contributed by atoms with van der Waals surface area (Å²) in [5, 5.41) is 13.0. The van der Waals surface area contributed by atoms with Crippen molar-refractivity contribution in [3.63, 3.8) is 0 Å². The van der Waals surface area contributed by atoms with Crippen LogP contribution in [0.3, 0.4) is 0 Å². The molecule has 0 saturated heterocycles. The van der Waals surface area contributed by atoms with E-state index in [-0.39, 0.29) is 5.56 Å². The van der Waals surface area contributed by atoms with Gasteiger partial charge >= 0.3 is 5.97 Å². The molecule has 0 saturated carbocycles. The summed E-state index contributed by atoms with van der Waals surface area (Å²) in [5.74, 6) is -0.954. The summed E-state index contributed by atoms with van der Waals surface area (Å²) in [4.78, 5) is 10.9. The first-order chi connectivity index (χ1) is 9.08. The highest BCUT2D eigenvalue weighted by Crippen LogP contribution is 2.26. The molecule has 0 atom stereocenters. The average molecular weight is 296 g/mol. The summed E-state index contributed by atoms with van der Waals surface area (Å²) >= 11 is 12.0. The normalized spacial score (nSPS) is 10.2. The van der Waals surface area contributed by atoms with Gasteiger partial charge < -0.3 is 10.4 Å². The molecule has 5 heteroatoms. The lowest BCUT2D eigenvalue weighted by molar-refractivity contribution is 0.0697. The van der Waals surface area contributed by atoms with E-state index >= 15 is 0 Å². The molecule has 2 aromatic carbocycles. The highest BCUT2D eigenvalue weighted by Gasteiger charge is 2.05. The molecule has 0 unspecified atom stereocenters. The number of carboxylic acids is 1. The first-order valence-electron chi connectivity index (χ1n) is 5.58. The number of nitrogens with one attached hydrogen (secondary N) is 1. The molecule has 0 heterocycles. The molecule has 0 aliphatic rings. The molecule has 0 fully saturated rings. The predicted molar refractivity (Wildman–Crippen MR) is 77.2 cm³/mol. The SMILES string of the molecule is O=C(O)c1cccc(NCc2cccc(Cl)c2Cl)c1. The summed E-state index contributed by atoms with van der Waals surface area (Å²) in [6.07, 6.45) is 0. The molecule has 0 radical (unpaired) electrons. The molecule has 3 nitrogen and oxygen atoms in total. The van der Waals surface area contributed by atoms with Crippen molar-refractivity contribution in [2.45, 2.75) is 6.54 Å². The largest absolute Gasteiger partial charge is 0.478 e. The average Bonchev–Trinajstić information content (AvgIpc) is 2.41. The molecule has 19 heavy (non-hydrogen) atoms. The first kappa shape index (κ1) is 13.7. The topological polar surface area (TPSA) is 49.3 Å². The molecule has 0 amide bonds. The Hall–Kier alpha value is -1.71. The number of carboxylic acid groups (broad SMARTS) is 1. The Kier molecular flexibility index (Phi) is 4.30. The van der Waals surface area contributed by atoms with Gasteiger partial charge in [0.15, 0.2) is 0 Å². The smallest absolute Gasteiger partial charge is 0.335 e. The zero-order valence-corrected chi connectivity index (χ0v) is 11.4. The van der Waals surface area contributed by atoms with Crippen LogP contribution >= 0.6 is 23.2 Å². The number of anilines is 1. The Balaban J connectivity index is 2.12. The van der Waals surface area contributed by atoms with Gasteiger partial charge in [0.05, 0.1) is 15.6 Å². The number of rotatable bonds is 4. The van der Waals surface area contributed by atoms with Gasteiger partial charge in [-0.2, -0.15) is 0 Å². The van der Waals surface area contributed by atoms with Crippen molar-refractivity contribution in [2.75, 3.05) is 5.32 Å². The molecule has 0 bridgehead atoms. The van der Waals surface area contributed by atoms with Crippen molar-refractivity contribution >= 4 is 34.9 Å². The maximum absolute atomic E-state index is 10.9. The van der Waals surface area contributed by atoms with Crippen LogP contribution in [-0.4, -0.2) is 11.1 Å². The fourth-order valence-electron chi connectivity index (χ4n) is 1.64. The number of aromatic carboxylic acids is 1. The number of hydrogen-bond donors (Lipinski definition) is 2. The Morgan fingerprint density at radius 3 is 2.63 bits per heavy atom. The van der Waals surface area contributed by atoms with Crippen molar-refractivity contribution in [3.8, 4) is 0 Å². The van der Waals surface area contributed by atoms with Crippen molar-refractivity contribution in [1.82, 2.24) is 0 Å². The fourth-order valence-corrected chi connectivity index (χ4v) is 2.03. The number of halogens is 2. The van der Waals surface area contributed by atoms with Crippen LogP contribution in [0, 0.1) is 0 Å². The van der Waals surface area contributed by atoms with Gasteiger partial charge in [-0.25, -0.2) is 4.79 Å². The van der Waals surface area contributed by atoms with Gasteiger partial charge in [0.1, 0.15) is 0 Å². The van der Waals surface area contributed by atoms with Crippen molar-refractivity contribution in [1.29, 1.82) is 0 Å². The maximum atomic E-state index is 10.9. The molecule has 98 valence electrons. The van der Waals surface area contributed by atoms with Crippen LogP contribution < -0.4 is 5.32 Å². The van der Waals surface area contributed by atoms with Gasteiger partial charge in [0.2, 0.25) is 0 Å². The van der Waals surface area contributed by atoms with Crippen LogP contribution in [0.2, 0.25) is 10.0 Å². The molecular weight excluding hydrogens is 285 g/mol. The van der Waals surface area contributed by atoms with Crippen LogP contribution in [-0.2, 0) is 6.54 Å². The summed E-state index contributed by atoms with van der Waals surface area (Å²) < 4.78 is 0. The Morgan fingerprint density at radius 2 is 1.89 bits per heavy atom. The third kappa shape index (κ3) is 3.40. The maximum Gasteiger partial charge on any atom is 0.335 e. The minimum Gasteiger partial charge on any atom is -0.478 e. The molecule has 0 aromatic heterocycles. The van der Waals surface area contributed by atoms with Crippen LogP contribution in [0.1, 0.15) is 15.9 Å². The number of hydrogen-bond acceptors (Lipinski definition) is 2. The molecule has 0 aliphatic carbocycles. The number of carbonyl (C=O) groups is 1. The quantitative estimate of drug-likeness (QED) is 0.884. The van der Waals surface area contributed by atoms with Crippen LogP contribution in [0.25, 0.3) is 0 Å². The lowest BCUT2D eigenvalue weighted by Crippen LogP contribution is -2.02. The Labute approximate surface area is 120 Å². The molecule has 0 spiro atoms. The first-order valence-corrected chi connectivity index (χ1v) is 6.33. The van der Waals surface area contributed by atoms with E-state index in [0.717, 1.165) is 11.3 Å². The standard InChI is InChI=1S/C14H11Cl2NO2/c15-12-6-2-4-10(13(12)16)8-17-11-5-1-3-9(7-11)14(18)19/h1-7,17H,8H2,(H,18,19). The molecular formula is C14H11Cl2NO2. The fraction of sp³-hybridized carbons (Fsp3) is 0.0714. The van der Waals surface area contributed by atoms with Gasteiger partial charge in [-0.1, -0.05) is 41.4 Å². The van der Waals surface area contributed by atoms with E-state index in [0.29, 0.717) is 16.6 Å². The minimum absolute atomic E-state index is 0.238. The van der Waals surface area contributed by atoms with E-state index in [2.05, 4.69) is 5.32 Å². The monoisotopic (exact) mass is 295 g/mol. The number of benzene rings is 2. The summed E-state index contributed by atoms with van der Waals surface area (Å²) in [7, 11) is 0. The second kappa shape index (κ2) is 5.95. The lowest BCUT2D eigenvalue weighted by atomic mass is 10.2. The molecule has 2 N–H and O–H groups in total. The molecule has 2 aromatic rings. The van der Waals surface area contributed by atoms with Crippen LogP contribution in [0.5, 0.6) is 0 Å². The lowest BCUT2D eigenvalue weighted by Gasteiger charge is -2.09. The van der Waals surface area contributed by atoms with Crippen molar-refractivity contribution in [3.05, 3.63) is 63.6 Å². The second-order valence-corrected chi connectivity index (χ2v) is 4.74. The Morgan fingerprint density at radius 1 is 1.16 bits per heavy atom. The zero-order chi connectivity index (χ0) is 13.8. The molecule has 2 rings (SSSR count). The summed E-state index contributed by atoms with van der Waals surface area (Å²) in [6, 6.07) is 12.0. The van der Waals surface area contributed by atoms with Gasteiger partial charge in [0, 0.05) is 12.2 Å². The third-order valence-corrected chi connectivity index (χ3v) is 3.48. The zero-order valence-electron chi connectivity index (χ0n) is 9.86. The van der Waals surface area contributed by atoms with Gasteiger partial charge in [-0.05, 0) is 29.8 Å². The van der Waals surface area contributed by atoms with Gasteiger partial charge in [-0.3, -0.25) is 0 Å². The van der Waals surface area contributed by atoms with Gasteiger partial charge in [0.25, 0.3) is 0 Å². The van der Waals surface area contributed by atoms with E-state index in [4.69, 9.17) is 28.3 Å².